The Balaban J connectivity index is 2.55. The number of hydrogen-bond acceptors (Lipinski definition) is 3. The van der Waals surface area contributed by atoms with Gasteiger partial charge in [-0.2, -0.15) is 0 Å². The summed E-state index contributed by atoms with van der Waals surface area (Å²) in [5, 5.41) is 0. The molecule has 1 amide bonds. The summed E-state index contributed by atoms with van der Waals surface area (Å²) in [6, 6.07) is 0. The molecule has 17 heavy (non-hydrogen) atoms. The second-order valence-electron chi connectivity index (χ2n) is 4.45. The van der Waals surface area contributed by atoms with Crippen LogP contribution in [-0.4, -0.2) is 56.0 Å². The maximum Gasteiger partial charge on any atom is 0.225 e. The van der Waals surface area contributed by atoms with Crippen LogP contribution in [0.2, 0.25) is 0 Å². The third-order valence-corrected chi connectivity index (χ3v) is 4.65. The zero-order chi connectivity index (χ0) is 13.1. The van der Waals surface area contributed by atoms with Gasteiger partial charge < -0.3 is 4.90 Å². The van der Waals surface area contributed by atoms with Crippen LogP contribution >= 0.6 is 0 Å². The minimum absolute atomic E-state index is 0.00657. The summed E-state index contributed by atoms with van der Waals surface area (Å²) in [4.78, 5) is 13.9. The molecule has 5 nitrogen and oxygen atoms in total. The van der Waals surface area contributed by atoms with Gasteiger partial charge in [-0.3, -0.25) is 4.79 Å². The molecule has 0 atom stereocenters. The van der Waals surface area contributed by atoms with E-state index in [1.807, 2.05) is 18.7 Å². The van der Waals surface area contributed by atoms with Crippen LogP contribution in [0.4, 0.5) is 0 Å². The Kier molecular flexibility index (Phi) is 4.94. The first-order valence-corrected chi connectivity index (χ1v) is 7.98. The maximum atomic E-state index is 12.1. The monoisotopic (exact) mass is 262 g/mol. The Hall–Kier alpha value is -0.620. The van der Waals surface area contributed by atoms with E-state index >= 15 is 0 Å². The molecular weight excluding hydrogens is 240 g/mol. The fraction of sp³-hybridized carbons (Fsp3) is 0.909. The summed E-state index contributed by atoms with van der Waals surface area (Å²) in [6.45, 7) is 6.32. The second-order valence-corrected chi connectivity index (χ2v) is 6.43. The second kappa shape index (κ2) is 5.82. The molecule has 0 aliphatic carbocycles. The van der Waals surface area contributed by atoms with Crippen molar-refractivity contribution in [3.63, 3.8) is 0 Å². The minimum Gasteiger partial charge on any atom is -0.343 e. The van der Waals surface area contributed by atoms with Crippen LogP contribution in [0.25, 0.3) is 0 Å². The first-order chi connectivity index (χ1) is 7.90. The van der Waals surface area contributed by atoms with E-state index in [-0.39, 0.29) is 11.8 Å². The lowest BCUT2D eigenvalue weighted by molar-refractivity contribution is -0.136. The van der Waals surface area contributed by atoms with Crippen molar-refractivity contribution in [2.24, 2.45) is 5.92 Å². The van der Waals surface area contributed by atoms with E-state index in [0.717, 1.165) is 13.1 Å². The van der Waals surface area contributed by atoms with Gasteiger partial charge in [-0.1, -0.05) is 0 Å². The van der Waals surface area contributed by atoms with Gasteiger partial charge in [0.05, 0.1) is 6.26 Å². The van der Waals surface area contributed by atoms with E-state index in [2.05, 4.69) is 0 Å². The van der Waals surface area contributed by atoms with Crippen LogP contribution in [0.5, 0.6) is 0 Å². The number of hydrogen-bond donors (Lipinski definition) is 0. The predicted octanol–water partition coefficient (Wildman–Crippen LogP) is 0.526. The molecule has 1 heterocycles. The first kappa shape index (κ1) is 14.4. The number of carbonyl (C=O) groups excluding carboxylic acids is 1. The normalized spacial score (nSPS) is 19.2. The van der Waals surface area contributed by atoms with Crippen LogP contribution in [0, 0.1) is 5.92 Å². The zero-order valence-electron chi connectivity index (χ0n) is 10.8. The van der Waals surface area contributed by atoms with Gasteiger partial charge in [-0.05, 0) is 26.7 Å². The van der Waals surface area contributed by atoms with E-state index in [0.29, 0.717) is 25.9 Å². The van der Waals surface area contributed by atoms with Crippen LogP contribution in [0.15, 0.2) is 0 Å². The van der Waals surface area contributed by atoms with E-state index in [9.17, 15) is 13.2 Å². The lowest BCUT2D eigenvalue weighted by atomic mass is 9.96. The summed E-state index contributed by atoms with van der Waals surface area (Å²) >= 11 is 0. The molecule has 1 aliphatic rings. The van der Waals surface area contributed by atoms with Gasteiger partial charge in [-0.25, -0.2) is 12.7 Å². The molecule has 0 bridgehead atoms. The Morgan fingerprint density at radius 3 is 2.06 bits per heavy atom. The van der Waals surface area contributed by atoms with Gasteiger partial charge >= 0.3 is 0 Å². The predicted molar refractivity (Wildman–Crippen MR) is 67.1 cm³/mol. The number of nitrogens with zero attached hydrogens (tertiary/aromatic N) is 2. The van der Waals surface area contributed by atoms with Crippen molar-refractivity contribution in [3.8, 4) is 0 Å². The molecule has 100 valence electrons. The molecular formula is C11H22N2O3S. The summed E-state index contributed by atoms with van der Waals surface area (Å²) in [5.41, 5.74) is 0. The Labute approximate surface area is 104 Å². The first-order valence-electron chi connectivity index (χ1n) is 6.14. The quantitative estimate of drug-likeness (QED) is 0.742. The van der Waals surface area contributed by atoms with E-state index in [1.165, 1.54) is 10.6 Å². The molecule has 0 spiro atoms. The van der Waals surface area contributed by atoms with Gasteiger partial charge in [0, 0.05) is 32.1 Å². The van der Waals surface area contributed by atoms with Gasteiger partial charge in [0.15, 0.2) is 0 Å². The molecule has 0 N–H and O–H groups in total. The van der Waals surface area contributed by atoms with Gasteiger partial charge in [-0.15, -0.1) is 0 Å². The highest BCUT2D eigenvalue weighted by molar-refractivity contribution is 7.88. The fourth-order valence-corrected chi connectivity index (χ4v) is 3.10. The van der Waals surface area contributed by atoms with Crippen LogP contribution in [0.1, 0.15) is 26.7 Å². The molecule has 1 aliphatic heterocycles. The summed E-state index contributed by atoms with van der Waals surface area (Å²) in [7, 11) is -3.10. The number of piperidine rings is 1. The van der Waals surface area contributed by atoms with Gasteiger partial charge in [0.25, 0.3) is 0 Å². The van der Waals surface area contributed by atoms with Crippen molar-refractivity contribution in [3.05, 3.63) is 0 Å². The van der Waals surface area contributed by atoms with Crippen molar-refractivity contribution in [1.82, 2.24) is 9.21 Å². The molecule has 0 aromatic carbocycles. The maximum absolute atomic E-state index is 12.1. The molecule has 0 aromatic rings. The Bertz CT molecular complexity index is 355. The lowest BCUT2D eigenvalue weighted by Crippen LogP contribution is -2.44. The standard InChI is InChI=1S/C11H22N2O3S/c1-4-12(5-2)11(14)10-6-8-13(9-7-10)17(3,15)16/h10H,4-9H2,1-3H3. The minimum atomic E-state index is -3.10. The SMILES string of the molecule is CCN(CC)C(=O)C1CCN(S(C)(=O)=O)CC1. The molecule has 1 rings (SSSR count). The molecule has 0 radical (unpaired) electrons. The van der Waals surface area contributed by atoms with E-state index in [1.54, 1.807) is 0 Å². The summed E-state index contributed by atoms with van der Waals surface area (Å²) in [5.74, 6) is 0.163. The van der Waals surface area contributed by atoms with Gasteiger partial charge in [0.1, 0.15) is 0 Å². The van der Waals surface area contributed by atoms with Gasteiger partial charge in [0.2, 0.25) is 15.9 Å². The number of rotatable bonds is 4. The fourth-order valence-electron chi connectivity index (χ4n) is 2.23. The smallest absolute Gasteiger partial charge is 0.225 e. The third-order valence-electron chi connectivity index (χ3n) is 3.35. The number of carbonyl (C=O) groups is 1. The lowest BCUT2D eigenvalue weighted by Gasteiger charge is -2.32. The van der Waals surface area contributed by atoms with Crippen LogP contribution in [-0.2, 0) is 14.8 Å². The van der Waals surface area contributed by atoms with Crippen LogP contribution < -0.4 is 0 Å². The average molecular weight is 262 g/mol. The molecule has 1 fully saturated rings. The highest BCUT2D eigenvalue weighted by Gasteiger charge is 2.30. The molecule has 1 saturated heterocycles. The van der Waals surface area contributed by atoms with Crippen molar-refractivity contribution in [2.45, 2.75) is 26.7 Å². The Morgan fingerprint density at radius 1 is 1.24 bits per heavy atom. The van der Waals surface area contributed by atoms with Crippen molar-refractivity contribution >= 4 is 15.9 Å². The van der Waals surface area contributed by atoms with E-state index in [4.69, 9.17) is 0 Å². The summed E-state index contributed by atoms with van der Waals surface area (Å²) in [6.07, 6.45) is 2.50. The Morgan fingerprint density at radius 2 is 1.71 bits per heavy atom. The number of sulfonamides is 1. The van der Waals surface area contributed by atoms with Crippen molar-refractivity contribution < 1.29 is 13.2 Å². The average Bonchev–Trinajstić information content (AvgIpc) is 2.29. The van der Waals surface area contributed by atoms with Crippen molar-refractivity contribution in [2.75, 3.05) is 32.4 Å². The molecule has 0 saturated carbocycles. The third kappa shape index (κ3) is 3.67. The van der Waals surface area contributed by atoms with E-state index < -0.39 is 10.0 Å². The molecule has 0 aromatic heterocycles. The highest BCUT2D eigenvalue weighted by Crippen LogP contribution is 2.21. The zero-order valence-corrected chi connectivity index (χ0v) is 11.7. The summed E-state index contributed by atoms with van der Waals surface area (Å²) < 4.78 is 24.1. The highest BCUT2D eigenvalue weighted by atomic mass is 32.2. The largest absolute Gasteiger partial charge is 0.343 e. The molecule has 0 unspecified atom stereocenters. The topological polar surface area (TPSA) is 57.7 Å². The van der Waals surface area contributed by atoms with Crippen molar-refractivity contribution in [1.29, 1.82) is 0 Å². The number of amides is 1. The molecule has 6 heteroatoms. The van der Waals surface area contributed by atoms with Crippen LogP contribution in [0.3, 0.4) is 0 Å².